The van der Waals surface area contributed by atoms with E-state index in [9.17, 15) is 9.59 Å². The van der Waals surface area contributed by atoms with E-state index in [1.165, 1.54) is 5.56 Å². The van der Waals surface area contributed by atoms with Crippen LogP contribution in [0, 0.1) is 0 Å². The normalized spacial score (nSPS) is 15.1. The first-order valence-electron chi connectivity index (χ1n) is 11.2. The van der Waals surface area contributed by atoms with Crippen LogP contribution in [0.25, 0.3) is 0 Å². The van der Waals surface area contributed by atoms with Crippen molar-refractivity contribution in [2.24, 2.45) is 0 Å². The van der Waals surface area contributed by atoms with Crippen molar-refractivity contribution < 1.29 is 9.59 Å². The molecule has 0 spiro atoms. The zero-order valence-corrected chi connectivity index (χ0v) is 19.2. The highest BCUT2D eigenvalue weighted by Gasteiger charge is 2.26. The van der Waals surface area contributed by atoms with Crippen molar-refractivity contribution in [2.75, 3.05) is 26.2 Å². The Morgan fingerprint density at radius 3 is 2.09 bits per heavy atom. The standard InChI is InChI=1S/C27H28ClN3O2/c28-24-14-8-7-13-23(24)27(33)29-25(22-11-5-2-6-12-22)19-26(32)31-17-15-30(16-18-31)20-21-9-3-1-4-10-21/h1-14,25H,15-20H2,(H,29,33)/t25-/m1/s1. The molecule has 0 bridgehead atoms. The van der Waals surface area contributed by atoms with Crippen LogP contribution in [0.1, 0.15) is 33.9 Å². The maximum absolute atomic E-state index is 13.2. The number of carbonyl (C=O) groups is 2. The van der Waals surface area contributed by atoms with E-state index >= 15 is 0 Å². The molecule has 3 aromatic carbocycles. The van der Waals surface area contributed by atoms with E-state index in [1.807, 2.05) is 41.3 Å². The molecule has 1 N–H and O–H groups in total. The molecule has 6 heteroatoms. The van der Waals surface area contributed by atoms with Crippen LogP contribution in [-0.2, 0) is 11.3 Å². The predicted molar refractivity (Wildman–Crippen MR) is 131 cm³/mol. The molecule has 1 fully saturated rings. The van der Waals surface area contributed by atoms with Crippen molar-refractivity contribution in [2.45, 2.75) is 19.0 Å². The second-order valence-electron chi connectivity index (χ2n) is 8.26. The number of rotatable bonds is 7. The summed E-state index contributed by atoms with van der Waals surface area (Å²) in [4.78, 5) is 30.3. The molecule has 1 heterocycles. The third-order valence-electron chi connectivity index (χ3n) is 5.98. The van der Waals surface area contributed by atoms with Gasteiger partial charge in [-0.05, 0) is 23.3 Å². The van der Waals surface area contributed by atoms with E-state index in [4.69, 9.17) is 11.6 Å². The first-order chi connectivity index (χ1) is 16.1. The van der Waals surface area contributed by atoms with E-state index in [1.54, 1.807) is 24.3 Å². The highest BCUT2D eigenvalue weighted by atomic mass is 35.5. The quantitative estimate of drug-likeness (QED) is 0.561. The van der Waals surface area contributed by atoms with Crippen LogP contribution < -0.4 is 5.32 Å². The fraction of sp³-hybridized carbons (Fsp3) is 0.259. The third-order valence-corrected chi connectivity index (χ3v) is 6.31. The summed E-state index contributed by atoms with van der Waals surface area (Å²) in [6.45, 7) is 3.94. The lowest BCUT2D eigenvalue weighted by molar-refractivity contribution is -0.133. The number of halogens is 1. The maximum Gasteiger partial charge on any atom is 0.253 e. The second kappa shape index (κ2) is 11.1. The number of amides is 2. The molecule has 1 aliphatic rings. The Morgan fingerprint density at radius 1 is 0.818 bits per heavy atom. The van der Waals surface area contributed by atoms with Gasteiger partial charge < -0.3 is 10.2 Å². The van der Waals surface area contributed by atoms with Gasteiger partial charge >= 0.3 is 0 Å². The van der Waals surface area contributed by atoms with Crippen molar-refractivity contribution in [3.8, 4) is 0 Å². The van der Waals surface area contributed by atoms with Gasteiger partial charge in [-0.15, -0.1) is 0 Å². The lowest BCUT2D eigenvalue weighted by atomic mass is 10.0. The summed E-state index contributed by atoms with van der Waals surface area (Å²) in [5, 5.41) is 3.41. The molecule has 170 valence electrons. The summed E-state index contributed by atoms with van der Waals surface area (Å²) < 4.78 is 0. The fourth-order valence-corrected chi connectivity index (χ4v) is 4.34. The van der Waals surface area contributed by atoms with Crippen LogP contribution in [0.4, 0.5) is 0 Å². The minimum absolute atomic E-state index is 0.0441. The summed E-state index contributed by atoms with van der Waals surface area (Å²) in [6.07, 6.45) is 0.207. The van der Waals surface area contributed by atoms with Crippen LogP contribution in [0.15, 0.2) is 84.9 Å². The fourth-order valence-electron chi connectivity index (χ4n) is 4.12. The summed E-state index contributed by atoms with van der Waals surface area (Å²) in [6, 6.07) is 26.5. The van der Waals surface area contributed by atoms with Crippen molar-refractivity contribution in [1.29, 1.82) is 0 Å². The highest BCUT2D eigenvalue weighted by Crippen LogP contribution is 2.22. The van der Waals surface area contributed by atoms with Crippen LogP contribution in [0.5, 0.6) is 0 Å². The molecule has 1 aliphatic heterocycles. The highest BCUT2D eigenvalue weighted by molar-refractivity contribution is 6.33. The number of piperazine rings is 1. The molecular weight excluding hydrogens is 434 g/mol. The summed E-state index contributed by atoms with van der Waals surface area (Å²) in [7, 11) is 0. The SMILES string of the molecule is O=C(N[C@H](CC(=O)N1CCN(Cc2ccccc2)CC1)c1ccccc1)c1ccccc1Cl. The molecule has 0 saturated carbocycles. The molecular formula is C27H28ClN3O2. The third kappa shape index (κ3) is 6.21. The minimum atomic E-state index is -0.426. The lowest BCUT2D eigenvalue weighted by Crippen LogP contribution is -2.49. The average Bonchev–Trinajstić information content (AvgIpc) is 2.85. The molecule has 0 unspecified atom stereocenters. The Bertz CT molecular complexity index is 1070. The van der Waals surface area contributed by atoms with E-state index < -0.39 is 6.04 Å². The number of nitrogens with one attached hydrogen (secondary N) is 1. The molecule has 1 saturated heterocycles. The van der Waals surface area contributed by atoms with Crippen molar-refractivity contribution in [1.82, 2.24) is 15.1 Å². The van der Waals surface area contributed by atoms with E-state index in [-0.39, 0.29) is 18.2 Å². The number of hydrogen-bond donors (Lipinski definition) is 1. The Morgan fingerprint density at radius 2 is 1.42 bits per heavy atom. The molecule has 0 aliphatic carbocycles. The molecule has 3 aromatic rings. The first kappa shape index (κ1) is 23.0. The number of nitrogens with zero attached hydrogens (tertiary/aromatic N) is 2. The van der Waals surface area contributed by atoms with Gasteiger partial charge in [0.15, 0.2) is 0 Å². The zero-order valence-electron chi connectivity index (χ0n) is 18.5. The minimum Gasteiger partial charge on any atom is -0.345 e. The van der Waals surface area contributed by atoms with Gasteiger partial charge in [-0.1, -0.05) is 84.4 Å². The summed E-state index contributed by atoms with van der Waals surface area (Å²) in [5.41, 5.74) is 2.58. The van der Waals surface area contributed by atoms with Gasteiger partial charge in [0.25, 0.3) is 5.91 Å². The van der Waals surface area contributed by atoms with Gasteiger partial charge in [0.1, 0.15) is 0 Å². The largest absolute Gasteiger partial charge is 0.345 e. The maximum atomic E-state index is 13.2. The van der Waals surface area contributed by atoms with E-state index in [0.717, 1.165) is 25.2 Å². The Hall–Kier alpha value is -3.15. The predicted octanol–water partition coefficient (Wildman–Crippen LogP) is 4.55. The average molecular weight is 462 g/mol. The summed E-state index contributed by atoms with van der Waals surface area (Å²) in [5.74, 6) is -0.238. The Kier molecular flexibility index (Phi) is 7.76. The molecule has 0 aromatic heterocycles. The molecule has 1 atom stereocenters. The Labute approximate surface area is 200 Å². The molecule has 4 rings (SSSR count). The van der Waals surface area contributed by atoms with Gasteiger partial charge in [-0.25, -0.2) is 0 Å². The topological polar surface area (TPSA) is 52.7 Å². The van der Waals surface area contributed by atoms with E-state index in [0.29, 0.717) is 23.7 Å². The number of carbonyl (C=O) groups excluding carboxylic acids is 2. The van der Waals surface area contributed by atoms with Crippen LogP contribution in [-0.4, -0.2) is 47.8 Å². The monoisotopic (exact) mass is 461 g/mol. The molecule has 33 heavy (non-hydrogen) atoms. The first-order valence-corrected chi connectivity index (χ1v) is 11.6. The van der Waals surface area contributed by atoms with Crippen molar-refractivity contribution >= 4 is 23.4 Å². The lowest BCUT2D eigenvalue weighted by Gasteiger charge is -2.35. The number of hydrogen-bond acceptors (Lipinski definition) is 3. The van der Waals surface area contributed by atoms with Gasteiger partial charge in [-0.2, -0.15) is 0 Å². The zero-order chi connectivity index (χ0) is 23.0. The van der Waals surface area contributed by atoms with Gasteiger partial charge in [0, 0.05) is 32.7 Å². The molecule has 2 amide bonds. The van der Waals surface area contributed by atoms with Gasteiger partial charge in [-0.3, -0.25) is 14.5 Å². The summed E-state index contributed by atoms with van der Waals surface area (Å²) >= 11 is 6.21. The van der Waals surface area contributed by atoms with Crippen molar-refractivity contribution in [3.63, 3.8) is 0 Å². The smallest absolute Gasteiger partial charge is 0.253 e. The molecule has 5 nitrogen and oxygen atoms in total. The molecule has 0 radical (unpaired) electrons. The van der Waals surface area contributed by atoms with E-state index in [2.05, 4.69) is 34.5 Å². The number of benzene rings is 3. The van der Waals surface area contributed by atoms with Crippen LogP contribution in [0.3, 0.4) is 0 Å². The second-order valence-corrected chi connectivity index (χ2v) is 8.67. The van der Waals surface area contributed by atoms with Crippen LogP contribution in [0.2, 0.25) is 5.02 Å². The Balaban J connectivity index is 1.38. The van der Waals surface area contributed by atoms with Crippen LogP contribution >= 0.6 is 11.6 Å². The van der Waals surface area contributed by atoms with Crippen molar-refractivity contribution in [3.05, 3.63) is 107 Å². The van der Waals surface area contributed by atoms with Gasteiger partial charge in [0.2, 0.25) is 5.91 Å². The van der Waals surface area contributed by atoms with Gasteiger partial charge in [0.05, 0.1) is 23.0 Å².